The zero-order valence-corrected chi connectivity index (χ0v) is 11.9. The molecule has 0 bridgehead atoms. The second-order valence-corrected chi connectivity index (χ2v) is 4.73. The summed E-state index contributed by atoms with van der Waals surface area (Å²) in [6, 6.07) is 3.41. The van der Waals surface area contributed by atoms with Gasteiger partial charge in [0.05, 0.1) is 22.3 Å². The van der Waals surface area contributed by atoms with Crippen molar-refractivity contribution in [3.63, 3.8) is 0 Å². The number of halogens is 4. The molecule has 3 nitrogen and oxygen atoms in total. The highest BCUT2D eigenvalue weighted by atomic mass is 35.5. The van der Waals surface area contributed by atoms with Crippen molar-refractivity contribution in [2.24, 2.45) is 0 Å². The van der Waals surface area contributed by atoms with Crippen LogP contribution in [0.25, 0.3) is 0 Å². The van der Waals surface area contributed by atoms with Crippen LogP contribution < -0.4 is 5.32 Å². The van der Waals surface area contributed by atoms with Gasteiger partial charge >= 0.3 is 6.18 Å². The summed E-state index contributed by atoms with van der Waals surface area (Å²) in [6.45, 7) is 2.26. The Labute approximate surface area is 125 Å². The first-order chi connectivity index (χ1) is 9.95. The molecule has 0 amide bonds. The SMILES string of the molecule is CCNC(c1cnccc1C(F)(F)F)c1ncccc1Cl. The standard InChI is InChI=1S/C14H13ClF3N3/c1-2-20-12(13-11(15)4-3-6-21-13)9-8-19-7-5-10(9)14(16,17)18/h3-8,12,20H,2H2,1H3. The van der Waals surface area contributed by atoms with Gasteiger partial charge in [0.1, 0.15) is 0 Å². The van der Waals surface area contributed by atoms with Crippen molar-refractivity contribution in [1.82, 2.24) is 15.3 Å². The van der Waals surface area contributed by atoms with Gasteiger partial charge in [-0.05, 0) is 24.7 Å². The van der Waals surface area contributed by atoms with E-state index >= 15 is 0 Å². The van der Waals surface area contributed by atoms with Gasteiger partial charge in [0.15, 0.2) is 0 Å². The van der Waals surface area contributed by atoms with Crippen LogP contribution in [0.5, 0.6) is 0 Å². The highest BCUT2D eigenvalue weighted by Gasteiger charge is 2.36. The van der Waals surface area contributed by atoms with Gasteiger partial charge in [-0.15, -0.1) is 0 Å². The Hall–Kier alpha value is -1.66. The van der Waals surface area contributed by atoms with Gasteiger partial charge in [-0.25, -0.2) is 0 Å². The van der Waals surface area contributed by atoms with Crippen LogP contribution in [0, 0.1) is 0 Å². The summed E-state index contributed by atoms with van der Waals surface area (Å²) in [6.07, 6.45) is -0.654. The quantitative estimate of drug-likeness (QED) is 0.931. The van der Waals surface area contributed by atoms with Crippen LogP contribution in [0.15, 0.2) is 36.8 Å². The van der Waals surface area contributed by atoms with Crippen LogP contribution in [0.1, 0.15) is 29.8 Å². The topological polar surface area (TPSA) is 37.8 Å². The third-order valence-corrected chi connectivity index (χ3v) is 3.26. The first-order valence-corrected chi connectivity index (χ1v) is 6.67. The maximum absolute atomic E-state index is 13.2. The van der Waals surface area contributed by atoms with Crippen LogP contribution in [0.2, 0.25) is 5.02 Å². The van der Waals surface area contributed by atoms with Crippen molar-refractivity contribution < 1.29 is 13.2 Å². The Morgan fingerprint density at radius 1 is 1.29 bits per heavy atom. The number of nitrogens with one attached hydrogen (secondary N) is 1. The fraction of sp³-hybridized carbons (Fsp3) is 0.286. The van der Waals surface area contributed by atoms with Crippen LogP contribution in [-0.2, 0) is 6.18 Å². The lowest BCUT2D eigenvalue weighted by Crippen LogP contribution is -2.26. The molecule has 0 radical (unpaired) electrons. The van der Waals surface area contributed by atoms with Gasteiger partial charge < -0.3 is 5.32 Å². The monoisotopic (exact) mass is 315 g/mol. The second kappa shape index (κ2) is 6.41. The fourth-order valence-electron chi connectivity index (χ4n) is 2.06. The molecule has 0 aromatic carbocycles. The number of alkyl halides is 3. The Morgan fingerprint density at radius 2 is 2.05 bits per heavy atom. The van der Waals surface area contributed by atoms with E-state index < -0.39 is 17.8 Å². The lowest BCUT2D eigenvalue weighted by molar-refractivity contribution is -0.138. The summed E-state index contributed by atoms with van der Waals surface area (Å²) in [5, 5.41) is 3.29. The molecule has 21 heavy (non-hydrogen) atoms. The maximum Gasteiger partial charge on any atom is 0.416 e. The minimum atomic E-state index is -4.47. The van der Waals surface area contributed by atoms with Crippen molar-refractivity contribution >= 4 is 11.6 Å². The molecule has 2 aromatic rings. The summed E-state index contributed by atoms with van der Waals surface area (Å²) in [5.41, 5.74) is -0.392. The molecule has 0 aliphatic heterocycles. The average Bonchev–Trinajstić information content (AvgIpc) is 2.45. The number of aromatic nitrogens is 2. The second-order valence-electron chi connectivity index (χ2n) is 4.32. The van der Waals surface area contributed by atoms with E-state index in [4.69, 9.17) is 11.6 Å². The van der Waals surface area contributed by atoms with Crippen LogP contribution in [0.3, 0.4) is 0 Å². The molecule has 112 valence electrons. The van der Waals surface area contributed by atoms with Gasteiger partial charge in [-0.2, -0.15) is 13.2 Å². The van der Waals surface area contributed by atoms with Crippen molar-refractivity contribution in [2.45, 2.75) is 19.1 Å². The molecule has 0 aliphatic rings. The lowest BCUT2D eigenvalue weighted by Gasteiger charge is -2.22. The molecule has 7 heteroatoms. The Morgan fingerprint density at radius 3 is 2.67 bits per heavy atom. The molecule has 1 atom stereocenters. The minimum absolute atomic E-state index is 0.00690. The zero-order chi connectivity index (χ0) is 15.5. The normalized spacial score (nSPS) is 13.2. The number of pyridine rings is 2. The first kappa shape index (κ1) is 15.7. The van der Waals surface area contributed by atoms with Crippen LogP contribution in [-0.4, -0.2) is 16.5 Å². The third-order valence-electron chi connectivity index (χ3n) is 2.94. The number of hydrogen-bond donors (Lipinski definition) is 1. The zero-order valence-electron chi connectivity index (χ0n) is 11.2. The van der Waals surface area contributed by atoms with Gasteiger partial charge in [0.25, 0.3) is 0 Å². The molecule has 0 saturated heterocycles. The molecule has 0 aliphatic carbocycles. The molecule has 0 fully saturated rings. The Kier molecular flexibility index (Phi) is 4.80. The van der Waals surface area contributed by atoms with Gasteiger partial charge in [-0.1, -0.05) is 18.5 Å². The average molecular weight is 316 g/mol. The van der Waals surface area contributed by atoms with E-state index in [0.29, 0.717) is 17.3 Å². The van der Waals surface area contributed by atoms with Crippen molar-refractivity contribution in [1.29, 1.82) is 0 Å². The lowest BCUT2D eigenvalue weighted by atomic mass is 9.99. The molecule has 2 heterocycles. The summed E-state index contributed by atoms with van der Waals surface area (Å²) in [7, 11) is 0. The van der Waals surface area contributed by atoms with E-state index in [0.717, 1.165) is 12.3 Å². The predicted octanol–water partition coefficient (Wildman–Crippen LogP) is 3.85. The van der Waals surface area contributed by atoms with Crippen molar-refractivity contribution in [3.05, 3.63) is 58.6 Å². The maximum atomic E-state index is 13.2. The van der Waals surface area contributed by atoms with Crippen molar-refractivity contribution in [2.75, 3.05) is 6.54 Å². The summed E-state index contributed by atoms with van der Waals surface area (Å²) >= 11 is 6.07. The molecule has 1 unspecified atom stereocenters. The van der Waals surface area contributed by atoms with E-state index in [9.17, 15) is 13.2 Å². The number of nitrogens with zero attached hydrogens (tertiary/aromatic N) is 2. The smallest absolute Gasteiger partial charge is 0.305 e. The van der Waals surface area contributed by atoms with E-state index in [-0.39, 0.29) is 5.56 Å². The largest absolute Gasteiger partial charge is 0.416 e. The molecular weight excluding hydrogens is 303 g/mol. The highest BCUT2D eigenvalue weighted by Crippen LogP contribution is 2.36. The van der Waals surface area contributed by atoms with Crippen LogP contribution in [0.4, 0.5) is 13.2 Å². The predicted molar refractivity (Wildman–Crippen MR) is 74.0 cm³/mol. The van der Waals surface area contributed by atoms with E-state index in [1.54, 1.807) is 19.1 Å². The van der Waals surface area contributed by atoms with Gasteiger partial charge in [-0.3, -0.25) is 9.97 Å². The summed E-state index contributed by atoms with van der Waals surface area (Å²) < 4.78 is 39.5. The van der Waals surface area contributed by atoms with E-state index in [1.165, 1.54) is 12.4 Å². The molecule has 2 aromatic heterocycles. The molecule has 0 saturated carbocycles. The Balaban J connectivity index is 2.57. The number of hydrogen-bond acceptors (Lipinski definition) is 3. The van der Waals surface area contributed by atoms with Gasteiger partial charge in [0.2, 0.25) is 0 Å². The van der Waals surface area contributed by atoms with E-state index in [1.807, 2.05) is 0 Å². The molecule has 0 spiro atoms. The molecule has 2 rings (SSSR count). The third kappa shape index (κ3) is 3.51. The fourth-order valence-corrected chi connectivity index (χ4v) is 2.29. The summed E-state index contributed by atoms with van der Waals surface area (Å²) in [5.74, 6) is 0. The van der Waals surface area contributed by atoms with Gasteiger partial charge in [0, 0.05) is 24.2 Å². The van der Waals surface area contributed by atoms with Crippen molar-refractivity contribution in [3.8, 4) is 0 Å². The number of rotatable bonds is 4. The minimum Gasteiger partial charge on any atom is -0.305 e. The first-order valence-electron chi connectivity index (χ1n) is 6.30. The molecular formula is C14H13ClF3N3. The van der Waals surface area contributed by atoms with E-state index in [2.05, 4.69) is 15.3 Å². The summed E-state index contributed by atoms with van der Waals surface area (Å²) in [4.78, 5) is 7.91. The highest BCUT2D eigenvalue weighted by molar-refractivity contribution is 6.31. The Bertz CT molecular complexity index is 616. The molecule has 1 N–H and O–H groups in total. The van der Waals surface area contributed by atoms with Crippen LogP contribution >= 0.6 is 11.6 Å².